The number of nitrogens with one attached hydrogen (secondary N) is 3. The Balaban J connectivity index is 2.00. The van der Waals surface area contributed by atoms with Crippen LogP contribution in [0.5, 0.6) is 5.75 Å². The third-order valence-electron chi connectivity index (χ3n) is 2.47. The van der Waals surface area contributed by atoms with Crippen LogP contribution >= 0.6 is 0 Å². The number of rotatable bonds is 4. The predicted octanol–water partition coefficient (Wildman–Crippen LogP) is 0.381. The Morgan fingerprint density at radius 3 is 2.60 bits per heavy atom. The van der Waals surface area contributed by atoms with Crippen LogP contribution in [0.1, 0.15) is 16.1 Å². The molecule has 0 aliphatic rings. The van der Waals surface area contributed by atoms with E-state index in [0.717, 1.165) is 0 Å². The van der Waals surface area contributed by atoms with Gasteiger partial charge >= 0.3 is 0 Å². The van der Waals surface area contributed by atoms with Gasteiger partial charge in [-0.3, -0.25) is 20.4 Å². The lowest BCUT2D eigenvalue weighted by molar-refractivity contribution is 0.0936. The lowest BCUT2D eigenvalue weighted by Crippen LogP contribution is -2.36. The zero-order valence-electron chi connectivity index (χ0n) is 10.4. The van der Waals surface area contributed by atoms with Crippen LogP contribution in [0.2, 0.25) is 0 Å². The summed E-state index contributed by atoms with van der Waals surface area (Å²) in [5.41, 5.74) is 5.36. The molecule has 2 aromatic rings. The molecule has 20 heavy (non-hydrogen) atoms. The molecule has 7 heteroatoms. The quantitative estimate of drug-likeness (QED) is 0.602. The van der Waals surface area contributed by atoms with Gasteiger partial charge in [-0.2, -0.15) is 5.10 Å². The SMILES string of the molecule is C=C(NNC(=O)c1ccc(=O)[nH]n1)c1ccccc1O. The number of amides is 1. The number of hydrogen-bond donors (Lipinski definition) is 4. The Labute approximate surface area is 113 Å². The molecule has 2 rings (SSSR count). The molecule has 0 unspecified atom stereocenters. The highest BCUT2D eigenvalue weighted by Crippen LogP contribution is 2.20. The molecule has 102 valence electrons. The molecule has 0 atom stereocenters. The highest BCUT2D eigenvalue weighted by atomic mass is 16.3. The maximum Gasteiger partial charge on any atom is 0.290 e. The summed E-state index contributed by atoms with van der Waals surface area (Å²) in [5, 5.41) is 15.4. The molecule has 1 aromatic heterocycles. The molecule has 4 N–H and O–H groups in total. The van der Waals surface area contributed by atoms with Crippen molar-refractivity contribution in [2.75, 3.05) is 0 Å². The summed E-state index contributed by atoms with van der Waals surface area (Å²) >= 11 is 0. The standard InChI is InChI=1S/C13H12N4O3/c1-8(9-4-2-3-5-11(9)18)14-17-13(20)10-6-7-12(19)16-15-10/h2-7,14,18H,1H2,(H,16,19)(H,17,20). The van der Waals surface area contributed by atoms with Crippen LogP contribution in [0.3, 0.4) is 0 Å². The highest BCUT2D eigenvalue weighted by Gasteiger charge is 2.09. The summed E-state index contributed by atoms with van der Waals surface area (Å²) in [4.78, 5) is 22.5. The van der Waals surface area contributed by atoms with Crippen LogP contribution in [-0.2, 0) is 0 Å². The van der Waals surface area contributed by atoms with Gasteiger partial charge < -0.3 is 5.11 Å². The number of aromatic amines is 1. The van der Waals surface area contributed by atoms with Crippen LogP contribution in [0.25, 0.3) is 5.70 Å². The van der Waals surface area contributed by atoms with Crippen LogP contribution in [0, 0.1) is 0 Å². The van der Waals surface area contributed by atoms with Crippen molar-refractivity contribution in [2.45, 2.75) is 0 Å². The topological polar surface area (TPSA) is 107 Å². The molecule has 1 heterocycles. The third-order valence-corrected chi connectivity index (χ3v) is 2.47. The van der Waals surface area contributed by atoms with Crippen molar-refractivity contribution >= 4 is 11.6 Å². The molecule has 0 saturated carbocycles. The summed E-state index contributed by atoms with van der Waals surface area (Å²) in [7, 11) is 0. The van der Waals surface area contributed by atoms with Crippen molar-refractivity contribution in [3.8, 4) is 5.75 Å². The molecule has 0 aliphatic heterocycles. The van der Waals surface area contributed by atoms with Crippen LogP contribution in [0.4, 0.5) is 0 Å². The zero-order chi connectivity index (χ0) is 14.5. The molecule has 0 spiro atoms. The smallest absolute Gasteiger partial charge is 0.290 e. The number of carbonyl (C=O) groups excluding carboxylic acids is 1. The van der Waals surface area contributed by atoms with Gasteiger partial charge in [-0.05, 0) is 18.2 Å². The van der Waals surface area contributed by atoms with E-state index in [1.54, 1.807) is 18.2 Å². The Hall–Kier alpha value is -3.09. The van der Waals surface area contributed by atoms with Gasteiger partial charge in [0.2, 0.25) is 0 Å². The fraction of sp³-hybridized carbons (Fsp3) is 0. The first-order valence-electron chi connectivity index (χ1n) is 5.67. The number of aromatic nitrogens is 2. The molecule has 1 aromatic carbocycles. The van der Waals surface area contributed by atoms with Crippen molar-refractivity contribution < 1.29 is 9.90 Å². The fourth-order valence-electron chi connectivity index (χ4n) is 1.46. The lowest BCUT2D eigenvalue weighted by atomic mass is 10.1. The highest BCUT2D eigenvalue weighted by molar-refractivity contribution is 5.92. The minimum absolute atomic E-state index is 0.0430. The van der Waals surface area contributed by atoms with Gasteiger partial charge in [0.05, 0.1) is 5.70 Å². The van der Waals surface area contributed by atoms with Crippen LogP contribution in [-0.4, -0.2) is 21.2 Å². The summed E-state index contributed by atoms with van der Waals surface area (Å²) in [6, 6.07) is 9.04. The largest absolute Gasteiger partial charge is 0.507 e. The Morgan fingerprint density at radius 1 is 1.20 bits per heavy atom. The van der Waals surface area contributed by atoms with Gasteiger partial charge in [-0.15, -0.1) is 0 Å². The number of hydrazine groups is 1. The number of aromatic hydroxyl groups is 1. The second kappa shape index (κ2) is 5.70. The van der Waals surface area contributed by atoms with E-state index >= 15 is 0 Å². The average molecular weight is 272 g/mol. The van der Waals surface area contributed by atoms with Gasteiger partial charge in [0, 0.05) is 11.6 Å². The molecule has 7 nitrogen and oxygen atoms in total. The number of phenolic OH excluding ortho intramolecular Hbond substituents is 1. The van der Waals surface area contributed by atoms with E-state index in [9.17, 15) is 14.7 Å². The van der Waals surface area contributed by atoms with Crippen LogP contribution < -0.4 is 16.4 Å². The fourth-order valence-corrected chi connectivity index (χ4v) is 1.46. The third kappa shape index (κ3) is 3.02. The van der Waals surface area contributed by atoms with Gasteiger partial charge in [0.1, 0.15) is 5.75 Å². The van der Waals surface area contributed by atoms with E-state index in [4.69, 9.17) is 0 Å². The molecule has 0 bridgehead atoms. The Kier molecular flexibility index (Phi) is 3.80. The summed E-state index contributed by atoms with van der Waals surface area (Å²) < 4.78 is 0. The first-order chi connectivity index (χ1) is 9.58. The van der Waals surface area contributed by atoms with Crippen molar-refractivity contribution in [3.63, 3.8) is 0 Å². The molecule has 0 saturated heterocycles. The minimum atomic E-state index is -0.544. The summed E-state index contributed by atoms with van der Waals surface area (Å²) in [5.74, 6) is -0.501. The van der Waals surface area contributed by atoms with E-state index in [2.05, 4.69) is 27.6 Å². The van der Waals surface area contributed by atoms with E-state index in [1.807, 2.05) is 0 Å². The van der Waals surface area contributed by atoms with Crippen molar-refractivity contribution in [1.29, 1.82) is 0 Å². The number of nitrogens with zero attached hydrogens (tertiary/aromatic N) is 1. The van der Waals surface area contributed by atoms with E-state index in [-0.39, 0.29) is 11.4 Å². The monoisotopic (exact) mass is 272 g/mol. The minimum Gasteiger partial charge on any atom is -0.507 e. The Morgan fingerprint density at radius 2 is 1.95 bits per heavy atom. The second-order valence-electron chi connectivity index (χ2n) is 3.88. The maximum atomic E-state index is 11.7. The van der Waals surface area contributed by atoms with Crippen molar-refractivity contribution in [3.05, 3.63) is 64.6 Å². The molecular weight excluding hydrogens is 260 g/mol. The number of phenols is 1. The first kappa shape index (κ1) is 13.3. The number of H-pyrrole nitrogens is 1. The number of carbonyl (C=O) groups is 1. The van der Waals surface area contributed by atoms with E-state index < -0.39 is 11.5 Å². The predicted molar refractivity (Wildman–Crippen MR) is 72.6 cm³/mol. The normalized spacial score (nSPS) is 9.80. The van der Waals surface area contributed by atoms with E-state index in [1.165, 1.54) is 18.2 Å². The van der Waals surface area contributed by atoms with E-state index in [0.29, 0.717) is 11.3 Å². The molecular formula is C13H12N4O3. The number of hydrogen-bond acceptors (Lipinski definition) is 5. The van der Waals surface area contributed by atoms with Gasteiger partial charge in [-0.25, -0.2) is 5.10 Å². The van der Waals surface area contributed by atoms with Gasteiger partial charge in [0.25, 0.3) is 11.5 Å². The van der Waals surface area contributed by atoms with Gasteiger partial charge in [0.15, 0.2) is 5.69 Å². The summed E-state index contributed by atoms with van der Waals surface area (Å²) in [6.45, 7) is 3.70. The zero-order valence-corrected chi connectivity index (χ0v) is 10.4. The first-order valence-corrected chi connectivity index (χ1v) is 5.67. The molecule has 0 radical (unpaired) electrons. The Bertz CT molecular complexity index is 688. The van der Waals surface area contributed by atoms with Gasteiger partial charge in [-0.1, -0.05) is 18.7 Å². The molecule has 0 aliphatic carbocycles. The molecule has 0 fully saturated rings. The van der Waals surface area contributed by atoms with Crippen molar-refractivity contribution in [2.24, 2.45) is 0 Å². The second-order valence-corrected chi connectivity index (χ2v) is 3.88. The number of para-hydroxylation sites is 1. The maximum absolute atomic E-state index is 11.7. The summed E-state index contributed by atoms with van der Waals surface area (Å²) in [6.07, 6.45) is 0. The van der Waals surface area contributed by atoms with Crippen LogP contribution in [0.15, 0.2) is 47.8 Å². The molecule has 1 amide bonds. The lowest BCUT2D eigenvalue weighted by Gasteiger charge is -2.11. The number of benzene rings is 1. The average Bonchev–Trinajstić information content (AvgIpc) is 2.45. The van der Waals surface area contributed by atoms with Crippen molar-refractivity contribution in [1.82, 2.24) is 21.0 Å².